The molecule has 0 spiro atoms. The number of hydrogen-bond donors (Lipinski definition) is 0. The van der Waals surface area contributed by atoms with Crippen molar-refractivity contribution in [2.75, 3.05) is 27.9 Å². The highest BCUT2D eigenvalue weighted by atomic mass is 16.5. The van der Waals surface area contributed by atoms with Gasteiger partial charge in [-0.15, -0.1) is 0 Å². The first-order valence-corrected chi connectivity index (χ1v) is 10.6. The molecule has 1 fully saturated rings. The minimum atomic E-state index is 0.558. The fourth-order valence-corrected chi connectivity index (χ4v) is 4.54. The molecule has 1 aliphatic heterocycles. The monoisotopic (exact) mass is 397 g/mol. The van der Waals surface area contributed by atoms with Gasteiger partial charge in [-0.3, -0.25) is 4.90 Å². The second-order valence-electron chi connectivity index (χ2n) is 8.01. The van der Waals surface area contributed by atoms with Crippen LogP contribution in [0.5, 0.6) is 17.2 Å². The zero-order valence-electron chi connectivity index (χ0n) is 17.7. The van der Waals surface area contributed by atoms with Crippen LogP contribution >= 0.6 is 0 Å². The van der Waals surface area contributed by atoms with Gasteiger partial charge in [0.05, 0.1) is 21.3 Å². The van der Waals surface area contributed by atoms with Crippen molar-refractivity contribution < 1.29 is 14.2 Å². The van der Waals surface area contributed by atoms with Gasteiger partial charge in [0.1, 0.15) is 11.6 Å². The molecule has 1 aromatic heterocycles. The molecule has 2 aliphatic rings. The van der Waals surface area contributed by atoms with Crippen molar-refractivity contribution in [3.8, 4) is 17.2 Å². The Morgan fingerprint density at radius 1 is 0.966 bits per heavy atom. The van der Waals surface area contributed by atoms with Crippen LogP contribution in [0.2, 0.25) is 0 Å². The van der Waals surface area contributed by atoms with Gasteiger partial charge in [-0.2, -0.15) is 0 Å². The Balaban J connectivity index is 1.49. The standard InChI is InChI=1S/C23H31N3O3/c1-27-20-12-22(29-3)21(28-2)11-17(20)14-26-10-9-19-18(15-26)13-24-23(25-19)16-7-5-4-6-8-16/h11-13,16H,4-10,14-15H2,1-3H3. The van der Waals surface area contributed by atoms with Crippen LogP contribution in [0.1, 0.15) is 60.7 Å². The van der Waals surface area contributed by atoms with Crippen LogP contribution in [0, 0.1) is 0 Å². The van der Waals surface area contributed by atoms with Gasteiger partial charge >= 0.3 is 0 Å². The van der Waals surface area contributed by atoms with Gasteiger partial charge in [0.25, 0.3) is 0 Å². The molecule has 2 heterocycles. The zero-order valence-corrected chi connectivity index (χ0v) is 17.7. The Bertz CT molecular complexity index is 850. The van der Waals surface area contributed by atoms with E-state index in [9.17, 15) is 0 Å². The fraction of sp³-hybridized carbons (Fsp3) is 0.565. The first-order chi connectivity index (χ1) is 14.2. The molecule has 1 aromatic carbocycles. The topological polar surface area (TPSA) is 56.7 Å². The Kier molecular flexibility index (Phi) is 6.19. The summed E-state index contributed by atoms with van der Waals surface area (Å²) in [6.45, 7) is 2.62. The average Bonchev–Trinajstić information content (AvgIpc) is 2.79. The maximum atomic E-state index is 5.59. The van der Waals surface area contributed by atoms with Gasteiger partial charge in [0.2, 0.25) is 0 Å². The molecule has 156 valence electrons. The first kappa shape index (κ1) is 20.0. The maximum absolute atomic E-state index is 5.59. The highest BCUT2D eigenvalue weighted by Gasteiger charge is 2.23. The number of methoxy groups -OCH3 is 3. The Labute approximate surface area is 173 Å². The molecule has 0 amide bonds. The van der Waals surface area contributed by atoms with Crippen LogP contribution in [0.4, 0.5) is 0 Å². The van der Waals surface area contributed by atoms with E-state index in [-0.39, 0.29) is 0 Å². The predicted molar refractivity (Wildman–Crippen MR) is 112 cm³/mol. The van der Waals surface area contributed by atoms with E-state index >= 15 is 0 Å². The Morgan fingerprint density at radius 3 is 2.41 bits per heavy atom. The van der Waals surface area contributed by atoms with Crippen molar-refractivity contribution >= 4 is 0 Å². The Hall–Kier alpha value is -2.34. The lowest BCUT2D eigenvalue weighted by Gasteiger charge is -2.29. The van der Waals surface area contributed by atoms with Crippen molar-refractivity contribution in [1.29, 1.82) is 0 Å². The third-order valence-electron chi connectivity index (χ3n) is 6.18. The molecule has 0 atom stereocenters. The van der Waals surface area contributed by atoms with E-state index in [1.807, 2.05) is 12.1 Å². The lowest BCUT2D eigenvalue weighted by atomic mass is 9.88. The molecule has 2 aromatic rings. The van der Waals surface area contributed by atoms with Crippen molar-refractivity contribution in [3.05, 3.63) is 41.0 Å². The van der Waals surface area contributed by atoms with Crippen molar-refractivity contribution in [2.24, 2.45) is 0 Å². The molecule has 1 aliphatic carbocycles. The summed E-state index contributed by atoms with van der Waals surface area (Å²) in [5.74, 6) is 3.85. The Morgan fingerprint density at radius 2 is 1.69 bits per heavy atom. The molecule has 6 heteroatoms. The summed E-state index contributed by atoms with van der Waals surface area (Å²) in [5.41, 5.74) is 3.57. The average molecular weight is 398 g/mol. The summed E-state index contributed by atoms with van der Waals surface area (Å²) in [4.78, 5) is 12.1. The number of ether oxygens (including phenoxy) is 3. The van der Waals surface area contributed by atoms with Crippen molar-refractivity contribution in [1.82, 2.24) is 14.9 Å². The summed E-state index contributed by atoms with van der Waals surface area (Å²) < 4.78 is 16.5. The van der Waals surface area contributed by atoms with Gasteiger partial charge in [-0.05, 0) is 18.9 Å². The zero-order chi connectivity index (χ0) is 20.2. The molecule has 0 N–H and O–H groups in total. The molecule has 0 radical (unpaired) electrons. The SMILES string of the molecule is COc1cc(OC)c(OC)cc1CN1CCc2nc(C3CCCCC3)ncc2C1. The first-order valence-electron chi connectivity index (χ1n) is 10.6. The molecule has 0 unspecified atom stereocenters. The van der Waals surface area contributed by atoms with Crippen LogP contribution in [-0.2, 0) is 19.5 Å². The van der Waals surface area contributed by atoms with E-state index in [0.717, 1.165) is 48.9 Å². The van der Waals surface area contributed by atoms with Crippen LogP contribution in [0.15, 0.2) is 18.3 Å². The summed E-state index contributed by atoms with van der Waals surface area (Å²) in [6.07, 6.45) is 9.49. The van der Waals surface area contributed by atoms with E-state index in [2.05, 4.69) is 11.1 Å². The predicted octanol–water partition coefficient (Wildman–Crippen LogP) is 4.11. The number of fused-ring (bicyclic) bond motifs is 1. The fourth-order valence-electron chi connectivity index (χ4n) is 4.54. The number of aromatic nitrogens is 2. The van der Waals surface area contributed by atoms with Crippen LogP contribution < -0.4 is 14.2 Å². The van der Waals surface area contributed by atoms with Crippen molar-refractivity contribution in [2.45, 2.75) is 57.5 Å². The molecule has 29 heavy (non-hydrogen) atoms. The molecule has 4 rings (SSSR count). The van der Waals surface area contributed by atoms with Gasteiger partial charge < -0.3 is 14.2 Å². The quantitative estimate of drug-likeness (QED) is 0.731. The lowest BCUT2D eigenvalue weighted by molar-refractivity contribution is 0.237. The molecular weight excluding hydrogens is 366 g/mol. The third-order valence-corrected chi connectivity index (χ3v) is 6.18. The van der Waals surface area contributed by atoms with E-state index < -0.39 is 0 Å². The minimum absolute atomic E-state index is 0.558. The highest BCUT2D eigenvalue weighted by Crippen LogP contribution is 2.36. The summed E-state index contributed by atoms with van der Waals surface area (Å²) in [5, 5.41) is 0. The minimum Gasteiger partial charge on any atom is -0.496 e. The molecule has 6 nitrogen and oxygen atoms in total. The molecule has 1 saturated carbocycles. The van der Waals surface area contributed by atoms with Gasteiger partial charge in [0.15, 0.2) is 11.5 Å². The molecule has 0 bridgehead atoms. The van der Waals surface area contributed by atoms with Gasteiger partial charge in [-0.1, -0.05) is 19.3 Å². The van der Waals surface area contributed by atoms with Gasteiger partial charge in [0, 0.05) is 61.1 Å². The number of benzene rings is 1. The van der Waals surface area contributed by atoms with Crippen LogP contribution in [0.3, 0.4) is 0 Å². The summed E-state index contributed by atoms with van der Waals surface area (Å²) in [6, 6.07) is 3.90. The number of hydrogen-bond acceptors (Lipinski definition) is 6. The second-order valence-corrected chi connectivity index (χ2v) is 8.01. The molecule has 0 saturated heterocycles. The van der Waals surface area contributed by atoms with Crippen LogP contribution in [-0.4, -0.2) is 42.7 Å². The third kappa shape index (κ3) is 4.32. The maximum Gasteiger partial charge on any atom is 0.164 e. The number of nitrogens with zero attached hydrogens (tertiary/aromatic N) is 3. The summed E-state index contributed by atoms with van der Waals surface area (Å²) >= 11 is 0. The van der Waals surface area contributed by atoms with E-state index in [1.54, 1.807) is 21.3 Å². The second kappa shape index (κ2) is 8.99. The lowest BCUT2D eigenvalue weighted by Crippen LogP contribution is -2.31. The van der Waals surface area contributed by atoms with E-state index in [0.29, 0.717) is 11.7 Å². The summed E-state index contributed by atoms with van der Waals surface area (Å²) in [7, 11) is 4.99. The number of rotatable bonds is 6. The molecular formula is C23H31N3O3. The van der Waals surface area contributed by atoms with E-state index in [1.165, 1.54) is 43.4 Å². The van der Waals surface area contributed by atoms with Crippen molar-refractivity contribution in [3.63, 3.8) is 0 Å². The smallest absolute Gasteiger partial charge is 0.164 e. The van der Waals surface area contributed by atoms with Crippen LogP contribution in [0.25, 0.3) is 0 Å². The normalized spacial score (nSPS) is 17.6. The van der Waals surface area contributed by atoms with E-state index in [4.69, 9.17) is 24.2 Å². The van der Waals surface area contributed by atoms with Gasteiger partial charge in [-0.25, -0.2) is 9.97 Å². The highest BCUT2D eigenvalue weighted by molar-refractivity contribution is 5.50. The largest absolute Gasteiger partial charge is 0.496 e.